The van der Waals surface area contributed by atoms with E-state index in [1.165, 1.54) is 0 Å². The Morgan fingerprint density at radius 1 is 1.14 bits per heavy atom. The summed E-state index contributed by atoms with van der Waals surface area (Å²) >= 11 is 0. The largest absolute Gasteiger partial charge is 0.398 e. The number of benzene rings is 1. The Balaban J connectivity index is 2.89. The Hall–Kier alpha value is -1.02. The molecular formula is C12H19NO. The van der Waals surface area contributed by atoms with E-state index < -0.39 is 6.10 Å². The summed E-state index contributed by atoms with van der Waals surface area (Å²) < 4.78 is 0. The predicted octanol–water partition coefficient (Wildman–Crippen LogP) is 2.59. The fraction of sp³-hybridized carbons (Fsp3) is 0.500. The van der Waals surface area contributed by atoms with Gasteiger partial charge in [0.15, 0.2) is 0 Å². The Labute approximate surface area is 85.8 Å². The second kappa shape index (κ2) is 4.47. The van der Waals surface area contributed by atoms with Crippen molar-refractivity contribution in [1.82, 2.24) is 0 Å². The summed E-state index contributed by atoms with van der Waals surface area (Å²) in [5, 5.41) is 10.1. The van der Waals surface area contributed by atoms with E-state index in [1.54, 1.807) is 0 Å². The smallest absolute Gasteiger partial charge is 0.0837 e. The number of aliphatic hydroxyl groups excluding tert-OH is 1. The van der Waals surface area contributed by atoms with E-state index in [9.17, 15) is 5.11 Å². The summed E-state index contributed by atoms with van der Waals surface area (Å²) in [4.78, 5) is 0. The Morgan fingerprint density at radius 3 is 2.21 bits per heavy atom. The van der Waals surface area contributed by atoms with Gasteiger partial charge in [-0.15, -0.1) is 0 Å². The minimum absolute atomic E-state index is 0.222. The van der Waals surface area contributed by atoms with Gasteiger partial charge >= 0.3 is 0 Å². The number of anilines is 1. The van der Waals surface area contributed by atoms with Gasteiger partial charge in [0.2, 0.25) is 0 Å². The normalized spacial score (nSPS) is 15.5. The first kappa shape index (κ1) is 11.1. The molecule has 0 aliphatic carbocycles. The molecule has 0 saturated carbocycles. The van der Waals surface area contributed by atoms with Crippen LogP contribution >= 0.6 is 0 Å². The fourth-order valence-electron chi connectivity index (χ4n) is 1.43. The highest BCUT2D eigenvalue weighted by molar-refractivity contribution is 5.47. The van der Waals surface area contributed by atoms with Crippen molar-refractivity contribution in [3.8, 4) is 0 Å². The van der Waals surface area contributed by atoms with Crippen molar-refractivity contribution in [1.29, 1.82) is 0 Å². The number of hydrogen-bond donors (Lipinski definition) is 2. The van der Waals surface area contributed by atoms with Crippen LogP contribution in [0.15, 0.2) is 24.3 Å². The molecule has 0 heterocycles. The van der Waals surface area contributed by atoms with Crippen molar-refractivity contribution in [2.75, 3.05) is 5.73 Å². The van der Waals surface area contributed by atoms with Gasteiger partial charge < -0.3 is 10.8 Å². The fourth-order valence-corrected chi connectivity index (χ4v) is 1.43. The first-order valence-corrected chi connectivity index (χ1v) is 5.06. The molecule has 0 amide bonds. The third kappa shape index (κ3) is 2.26. The van der Waals surface area contributed by atoms with Gasteiger partial charge in [-0.05, 0) is 17.9 Å². The molecule has 2 nitrogen and oxygen atoms in total. The highest BCUT2D eigenvalue weighted by atomic mass is 16.3. The lowest BCUT2D eigenvalue weighted by Gasteiger charge is -2.23. The lowest BCUT2D eigenvalue weighted by Crippen LogP contribution is -2.16. The van der Waals surface area contributed by atoms with E-state index >= 15 is 0 Å². The minimum Gasteiger partial charge on any atom is -0.398 e. The molecule has 0 saturated heterocycles. The lowest BCUT2D eigenvalue weighted by molar-refractivity contribution is 0.0927. The van der Waals surface area contributed by atoms with Gasteiger partial charge in [-0.3, -0.25) is 0 Å². The van der Waals surface area contributed by atoms with Gasteiger partial charge in [0, 0.05) is 11.3 Å². The van der Waals surface area contributed by atoms with Gasteiger partial charge in [-0.25, -0.2) is 0 Å². The van der Waals surface area contributed by atoms with Crippen molar-refractivity contribution in [3.63, 3.8) is 0 Å². The van der Waals surface area contributed by atoms with Gasteiger partial charge in [0.05, 0.1) is 6.10 Å². The first-order chi connectivity index (χ1) is 6.54. The Bertz CT molecular complexity index is 296. The maximum atomic E-state index is 10.1. The van der Waals surface area contributed by atoms with E-state index in [4.69, 9.17) is 5.73 Å². The van der Waals surface area contributed by atoms with Crippen molar-refractivity contribution in [3.05, 3.63) is 29.8 Å². The molecule has 78 valence electrons. The van der Waals surface area contributed by atoms with Crippen LogP contribution in [0, 0.1) is 11.8 Å². The number of rotatable bonds is 3. The van der Waals surface area contributed by atoms with Gasteiger partial charge in [-0.2, -0.15) is 0 Å². The summed E-state index contributed by atoms with van der Waals surface area (Å²) in [5.74, 6) is 0.671. The molecule has 0 bridgehead atoms. The SMILES string of the molecule is CC(C)C(C)C(O)c1ccccc1N. The number of aliphatic hydroxyl groups is 1. The minimum atomic E-state index is -0.462. The van der Waals surface area contributed by atoms with Crippen LogP contribution in [0.25, 0.3) is 0 Å². The van der Waals surface area contributed by atoms with Crippen molar-refractivity contribution >= 4 is 5.69 Å². The molecule has 1 rings (SSSR count). The van der Waals surface area contributed by atoms with Crippen LogP contribution in [-0.2, 0) is 0 Å². The summed E-state index contributed by atoms with van der Waals surface area (Å²) in [6.07, 6.45) is -0.462. The molecule has 0 aliphatic rings. The number of nitrogen functional groups attached to an aromatic ring is 1. The molecule has 0 aliphatic heterocycles. The summed E-state index contributed by atoms with van der Waals surface area (Å²) in [7, 11) is 0. The second-order valence-electron chi connectivity index (χ2n) is 4.18. The topological polar surface area (TPSA) is 46.2 Å². The molecule has 14 heavy (non-hydrogen) atoms. The lowest BCUT2D eigenvalue weighted by atomic mass is 9.88. The summed E-state index contributed by atoms with van der Waals surface area (Å²) in [6.45, 7) is 6.25. The molecule has 0 radical (unpaired) electrons. The van der Waals surface area contributed by atoms with Crippen LogP contribution in [0.5, 0.6) is 0 Å². The maximum Gasteiger partial charge on any atom is 0.0837 e. The molecular weight excluding hydrogens is 174 g/mol. The highest BCUT2D eigenvalue weighted by Crippen LogP contribution is 2.30. The zero-order chi connectivity index (χ0) is 10.7. The zero-order valence-electron chi connectivity index (χ0n) is 9.07. The van der Waals surface area contributed by atoms with Gasteiger partial charge in [0.25, 0.3) is 0 Å². The molecule has 0 fully saturated rings. The van der Waals surface area contributed by atoms with Crippen LogP contribution in [0.3, 0.4) is 0 Å². The van der Waals surface area contributed by atoms with Crippen molar-refractivity contribution in [2.45, 2.75) is 26.9 Å². The monoisotopic (exact) mass is 193 g/mol. The second-order valence-corrected chi connectivity index (χ2v) is 4.18. The van der Waals surface area contributed by atoms with Crippen LogP contribution in [0.4, 0.5) is 5.69 Å². The molecule has 1 aromatic carbocycles. The molecule has 1 aromatic rings. The Morgan fingerprint density at radius 2 is 1.71 bits per heavy atom. The van der Waals surface area contributed by atoms with Crippen LogP contribution < -0.4 is 5.73 Å². The number of hydrogen-bond acceptors (Lipinski definition) is 2. The van der Waals surface area contributed by atoms with Gasteiger partial charge in [0.1, 0.15) is 0 Å². The average molecular weight is 193 g/mol. The third-order valence-corrected chi connectivity index (χ3v) is 2.86. The third-order valence-electron chi connectivity index (χ3n) is 2.86. The molecule has 2 heteroatoms. The van der Waals surface area contributed by atoms with Crippen LogP contribution in [0.1, 0.15) is 32.4 Å². The molecule has 0 spiro atoms. The molecule has 2 atom stereocenters. The molecule has 0 aromatic heterocycles. The van der Waals surface area contributed by atoms with Crippen LogP contribution in [-0.4, -0.2) is 5.11 Å². The summed E-state index contributed by atoms with van der Waals surface area (Å²) in [6, 6.07) is 7.50. The van der Waals surface area contributed by atoms with E-state index in [2.05, 4.69) is 13.8 Å². The molecule has 3 N–H and O–H groups in total. The van der Waals surface area contributed by atoms with E-state index in [0.29, 0.717) is 11.6 Å². The molecule has 2 unspecified atom stereocenters. The zero-order valence-corrected chi connectivity index (χ0v) is 9.07. The van der Waals surface area contributed by atoms with Crippen LogP contribution in [0.2, 0.25) is 0 Å². The quantitative estimate of drug-likeness (QED) is 0.725. The first-order valence-electron chi connectivity index (χ1n) is 5.06. The standard InChI is InChI=1S/C12H19NO/c1-8(2)9(3)12(14)10-6-4-5-7-11(10)13/h4-9,12,14H,13H2,1-3H3. The van der Waals surface area contributed by atoms with E-state index in [1.807, 2.05) is 31.2 Å². The maximum absolute atomic E-state index is 10.1. The van der Waals surface area contributed by atoms with Crippen molar-refractivity contribution < 1.29 is 5.11 Å². The van der Waals surface area contributed by atoms with Gasteiger partial charge in [-0.1, -0.05) is 39.0 Å². The van der Waals surface area contributed by atoms with E-state index in [-0.39, 0.29) is 5.92 Å². The van der Waals surface area contributed by atoms with E-state index in [0.717, 1.165) is 5.56 Å². The highest BCUT2D eigenvalue weighted by Gasteiger charge is 2.20. The van der Waals surface area contributed by atoms with Crippen molar-refractivity contribution in [2.24, 2.45) is 11.8 Å². The summed E-state index contributed by atoms with van der Waals surface area (Å²) in [5.41, 5.74) is 7.31. The Kier molecular flexibility index (Phi) is 3.53. The number of nitrogens with two attached hydrogens (primary N) is 1. The number of para-hydroxylation sites is 1. The predicted molar refractivity (Wildman–Crippen MR) is 59.8 cm³/mol. The average Bonchev–Trinajstić information content (AvgIpc) is 2.16.